The Morgan fingerprint density at radius 3 is 2.59 bits per heavy atom. The largest absolute Gasteiger partial charge is 0.327 e. The Morgan fingerprint density at radius 2 is 1.88 bits per heavy atom. The zero-order valence-electron chi connectivity index (χ0n) is 9.96. The molecule has 2 N–H and O–H groups in total. The van der Waals surface area contributed by atoms with Gasteiger partial charge >= 0.3 is 0 Å². The van der Waals surface area contributed by atoms with Gasteiger partial charge in [-0.2, -0.15) is 0 Å². The smallest absolute Gasteiger partial charge is 0.0439 e. The van der Waals surface area contributed by atoms with E-state index in [1.165, 1.54) is 32.1 Å². The van der Waals surface area contributed by atoms with Crippen molar-refractivity contribution < 1.29 is 0 Å². The Kier molecular flexibility index (Phi) is 4.72. The van der Waals surface area contributed by atoms with E-state index in [1.54, 1.807) is 0 Å². The molecule has 1 aliphatic rings. The molecule has 94 valence electrons. The van der Waals surface area contributed by atoms with Gasteiger partial charge in [0.15, 0.2) is 0 Å². The van der Waals surface area contributed by atoms with E-state index in [1.807, 2.05) is 18.2 Å². The second kappa shape index (κ2) is 6.08. The Labute approximate surface area is 113 Å². The van der Waals surface area contributed by atoms with E-state index in [9.17, 15) is 0 Å². The molecule has 0 heterocycles. The van der Waals surface area contributed by atoms with Crippen LogP contribution < -0.4 is 5.73 Å². The molecule has 1 saturated carbocycles. The maximum Gasteiger partial charge on any atom is 0.0439 e. The first-order chi connectivity index (χ1) is 8.16. The van der Waals surface area contributed by atoms with Crippen LogP contribution in [-0.4, -0.2) is 6.04 Å². The third-order valence-corrected chi connectivity index (χ3v) is 4.32. The Morgan fingerprint density at radius 1 is 1.18 bits per heavy atom. The molecule has 1 unspecified atom stereocenters. The topological polar surface area (TPSA) is 26.0 Å². The zero-order valence-corrected chi connectivity index (χ0v) is 11.5. The summed E-state index contributed by atoms with van der Waals surface area (Å²) in [6.07, 6.45) is 7.37. The number of benzene rings is 1. The third-order valence-electron chi connectivity index (χ3n) is 3.72. The predicted molar refractivity (Wildman–Crippen MR) is 74.7 cm³/mol. The molecule has 0 spiro atoms. The van der Waals surface area contributed by atoms with Crippen LogP contribution in [-0.2, 0) is 6.42 Å². The van der Waals surface area contributed by atoms with Gasteiger partial charge in [-0.3, -0.25) is 0 Å². The Hall–Kier alpha value is -0.240. The van der Waals surface area contributed by atoms with Crippen molar-refractivity contribution in [1.82, 2.24) is 0 Å². The van der Waals surface area contributed by atoms with Gasteiger partial charge in [0.2, 0.25) is 0 Å². The lowest BCUT2D eigenvalue weighted by atomic mass is 9.82. The minimum Gasteiger partial charge on any atom is -0.327 e. The van der Waals surface area contributed by atoms with E-state index in [4.69, 9.17) is 28.9 Å². The fourth-order valence-electron chi connectivity index (χ4n) is 2.68. The van der Waals surface area contributed by atoms with Gasteiger partial charge in [-0.1, -0.05) is 42.5 Å². The maximum absolute atomic E-state index is 6.30. The first kappa shape index (κ1) is 13.2. The number of hydrogen-bond acceptors (Lipinski definition) is 1. The first-order valence-corrected chi connectivity index (χ1v) is 7.12. The van der Waals surface area contributed by atoms with Crippen LogP contribution in [0.3, 0.4) is 0 Å². The van der Waals surface area contributed by atoms with Crippen LogP contribution in [0.1, 0.15) is 37.7 Å². The molecule has 1 atom stereocenters. The summed E-state index contributed by atoms with van der Waals surface area (Å²) in [7, 11) is 0. The number of halogens is 2. The quantitative estimate of drug-likeness (QED) is 0.864. The van der Waals surface area contributed by atoms with E-state index in [0.717, 1.165) is 22.0 Å². The van der Waals surface area contributed by atoms with Gasteiger partial charge in [0.25, 0.3) is 0 Å². The van der Waals surface area contributed by atoms with Gasteiger partial charge in [-0.15, -0.1) is 0 Å². The van der Waals surface area contributed by atoms with E-state index in [-0.39, 0.29) is 6.04 Å². The van der Waals surface area contributed by atoms with Crippen LogP contribution in [0.15, 0.2) is 18.2 Å². The first-order valence-electron chi connectivity index (χ1n) is 6.36. The molecule has 0 radical (unpaired) electrons. The summed E-state index contributed by atoms with van der Waals surface area (Å²) < 4.78 is 0. The number of nitrogens with two attached hydrogens (primary N) is 1. The molecule has 3 heteroatoms. The van der Waals surface area contributed by atoms with Crippen LogP contribution in [0.5, 0.6) is 0 Å². The summed E-state index contributed by atoms with van der Waals surface area (Å²) in [6.45, 7) is 0. The molecule has 17 heavy (non-hydrogen) atoms. The highest BCUT2D eigenvalue weighted by Crippen LogP contribution is 2.29. The zero-order chi connectivity index (χ0) is 12.3. The van der Waals surface area contributed by atoms with Crippen LogP contribution in [0.4, 0.5) is 0 Å². The minimum absolute atomic E-state index is 0.214. The van der Waals surface area contributed by atoms with Gasteiger partial charge in [0.1, 0.15) is 0 Å². The van der Waals surface area contributed by atoms with Gasteiger partial charge in [0, 0.05) is 16.1 Å². The molecule has 1 aliphatic carbocycles. The molecule has 1 aromatic carbocycles. The molecule has 1 fully saturated rings. The highest BCUT2D eigenvalue weighted by atomic mass is 35.5. The number of rotatable bonds is 3. The minimum atomic E-state index is 0.214. The summed E-state index contributed by atoms with van der Waals surface area (Å²) in [5.74, 6) is 0.652. The monoisotopic (exact) mass is 271 g/mol. The van der Waals surface area contributed by atoms with E-state index >= 15 is 0 Å². The van der Waals surface area contributed by atoms with Crippen LogP contribution in [0.2, 0.25) is 10.0 Å². The average Bonchev–Trinajstić information content (AvgIpc) is 2.35. The molecule has 1 aromatic rings. The summed E-state index contributed by atoms with van der Waals surface area (Å²) >= 11 is 12.2. The predicted octanol–water partition coefficient (Wildman–Crippen LogP) is 4.44. The van der Waals surface area contributed by atoms with Crippen LogP contribution in [0, 0.1) is 5.92 Å². The van der Waals surface area contributed by atoms with Crippen molar-refractivity contribution in [2.24, 2.45) is 11.7 Å². The maximum atomic E-state index is 6.30. The molecular formula is C14H19Cl2N. The van der Waals surface area contributed by atoms with Gasteiger partial charge < -0.3 is 5.73 Å². The molecule has 2 rings (SSSR count). The van der Waals surface area contributed by atoms with Crippen molar-refractivity contribution in [3.8, 4) is 0 Å². The van der Waals surface area contributed by atoms with Gasteiger partial charge in [0.05, 0.1) is 0 Å². The van der Waals surface area contributed by atoms with Gasteiger partial charge in [-0.05, 0) is 48.9 Å². The van der Waals surface area contributed by atoms with Crippen molar-refractivity contribution >= 4 is 23.2 Å². The fraction of sp³-hybridized carbons (Fsp3) is 0.571. The lowest BCUT2D eigenvalue weighted by molar-refractivity contribution is 0.303. The molecule has 0 aliphatic heterocycles. The lowest BCUT2D eigenvalue weighted by Crippen LogP contribution is -2.33. The Bertz CT molecular complexity index is 372. The highest BCUT2D eigenvalue weighted by molar-refractivity contribution is 6.33. The van der Waals surface area contributed by atoms with E-state index < -0.39 is 0 Å². The summed E-state index contributed by atoms with van der Waals surface area (Å²) in [5.41, 5.74) is 7.38. The van der Waals surface area contributed by atoms with Crippen molar-refractivity contribution in [3.63, 3.8) is 0 Å². The Balaban J connectivity index is 2.01. The summed E-state index contributed by atoms with van der Waals surface area (Å²) in [4.78, 5) is 0. The average molecular weight is 272 g/mol. The van der Waals surface area contributed by atoms with Crippen molar-refractivity contribution in [3.05, 3.63) is 33.8 Å². The van der Waals surface area contributed by atoms with Crippen LogP contribution >= 0.6 is 23.2 Å². The molecule has 0 bridgehead atoms. The molecule has 0 aromatic heterocycles. The fourth-order valence-corrected chi connectivity index (χ4v) is 3.07. The normalized spacial score (nSPS) is 19.2. The van der Waals surface area contributed by atoms with Crippen molar-refractivity contribution in [2.45, 2.75) is 44.6 Å². The lowest BCUT2D eigenvalue weighted by Gasteiger charge is -2.27. The molecular weight excluding hydrogens is 253 g/mol. The highest BCUT2D eigenvalue weighted by Gasteiger charge is 2.21. The summed E-state index contributed by atoms with van der Waals surface area (Å²) in [6, 6.07) is 5.82. The molecule has 0 saturated heterocycles. The molecule has 0 amide bonds. The number of hydrogen-bond donors (Lipinski definition) is 1. The SMILES string of the molecule is NC(Cc1cc(Cl)ccc1Cl)C1CCCCC1. The van der Waals surface area contributed by atoms with Crippen molar-refractivity contribution in [1.29, 1.82) is 0 Å². The van der Waals surface area contributed by atoms with Crippen LogP contribution in [0.25, 0.3) is 0 Å². The van der Waals surface area contributed by atoms with E-state index in [0.29, 0.717) is 5.92 Å². The summed E-state index contributed by atoms with van der Waals surface area (Å²) in [5, 5.41) is 1.51. The second-order valence-electron chi connectivity index (χ2n) is 5.00. The van der Waals surface area contributed by atoms with Crippen molar-refractivity contribution in [2.75, 3.05) is 0 Å². The second-order valence-corrected chi connectivity index (χ2v) is 5.85. The molecule has 1 nitrogen and oxygen atoms in total. The van der Waals surface area contributed by atoms with E-state index in [2.05, 4.69) is 0 Å². The third kappa shape index (κ3) is 3.61. The van der Waals surface area contributed by atoms with Gasteiger partial charge in [-0.25, -0.2) is 0 Å². The standard InChI is InChI=1S/C14H19Cl2N/c15-12-6-7-13(16)11(8-12)9-14(17)10-4-2-1-3-5-10/h6-8,10,14H,1-5,9,17H2.